The third-order valence-electron chi connectivity index (χ3n) is 9.16. The molecule has 0 saturated carbocycles. The summed E-state index contributed by atoms with van der Waals surface area (Å²) < 4.78 is 10.2. The number of carbonyl (C=O) groups excluding carboxylic acids is 2. The Morgan fingerprint density at radius 3 is 2.42 bits per heavy atom. The highest BCUT2D eigenvalue weighted by atomic mass is 16.5. The van der Waals surface area contributed by atoms with Crippen LogP contribution in [0, 0.1) is 20.8 Å². The molecule has 0 amide bonds. The molecule has 9 nitrogen and oxygen atoms in total. The first-order valence-electron chi connectivity index (χ1n) is 14.8. The van der Waals surface area contributed by atoms with Crippen molar-refractivity contribution in [1.82, 2.24) is 19.9 Å². The fourth-order valence-corrected chi connectivity index (χ4v) is 6.55. The molecule has 226 valence electrons. The Bertz CT molecular complexity index is 1800. The zero-order valence-corrected chi connectivity index (χ0v) is 26.0. The molecule has 0 unspecified atom stereocenters. The maximum atomic E-state index is 13.2. The molecule has 3 aromatic heterocycles. The number of esters is 1. The zero-order valence-electron chi connectivity index (χ0n) is 26.0. The minimum atomic E-state index is -0.410. The number of aromatic nitrogens is 4. The number of H-pyrrole nitrogens is 2. The molecule has 0 aliphatic carbocycles. The molecule has 3 N–H and O–H groups in total. The number of nitrogens with zero attached hydrogens (tertiary/aromatic N) is 2. The number of nitrogens with one attached hydrogen (secondary N) is 2. The molecule has 0 fully saturated rings. The van der Waals surface area contributed by atoms with Crippen LogP contribution in [0.25, 0.3) is 33.2 Å². The number of methoxy groups -OCH3 is 1. The number of hydrogen-bond acceptors (Lipinski definition) is 7. The van der Waals surface area contributed by atoms with E-state index in [9.17, 15) is 14.7 Å². The molecule has 43 heavy (non-hydrogen) atoms. The second-order valence-electron chi connectivity index (χ2n) is 11.4. The minimum absolute atomic E-state index is 0.0252. The quantitative estimate of drug-likeness (QED) is 0.160. The molecule has 5 rings (SSSR count). The largest absolute Gasteiger partial charge is 0.468 e. The molecule has 0 radical (unpaired) electrons. The van der Waals surface area contributed by atoms with Gasteiger partial charge in [0.15, 0.2) is 0 Å². The van der Waals surface area contributed by atoms with Crippen molar-refractivity contribution in [1.29, 1.82) is 0 Å². The topological polar surface area (TPSA) is 130 Å². The maximum Gasteiger partial charge on any atom is 0.340 e. The average molecular weight is 585 g/mol. The third-order valence-corrected chi connectivity index (χ3v) is 9.16. The van der Waals surface area contributed by atoms with E-state index in [1.165, 1.54) is 7.11 Å². The molecule has 2 aliphatic heterocycles. The molecule has 9 heteroatoms. The van der Waals surface area contributed by atoms with Gasteiger partial charge in [-0.3, -0.25) is 9.78 Å². The van der Waals surface area contributed by atoms with Crippen molar-refractivity contribution in [3.63, 3.8) is 0 Å². The van der Waals surface area contributed by atoms with E-state index in [0.29, 0.717) is 30.6 Å². The summed E-state index contributed by atoms with van der Waals surface area (Å²) in [5.41, 5.74) is 12.8. The van der Waals surface area contributed by atoms with E-state index >= 15 is 0 Å². The van der Waals surface area contributed by atoms with Crippen molar-refractivity contribution in [3.05, 3.63) is 68.8 Å². The summed E-state index contributed by atoms with van der Waals surface area (Å²) >= 11 is 0. The van der Waals surface area contributed by atoms with Crippen LogP contribution in [0.15, 0.2) is 18.2 Å². The number of aryl methyl sites for hydroxylation is 4. The molecule has 3 aromatic rings. The average Bonchev–Trinajstić information content (AvgIpc) is 3.68. The second-order valence-corrected chi connectivity index (χ2v) is 11.4. The molecule has 8 bridgehead atoms. The second kappa shape index (κ2) is 12.2. The standard InChI is InChI=1S/C34H40N4O5/c1-8-22-17(2)26-13-30-24(15-39)19(4)25(36-30)12-27-18(3)23(10-9-11-43-16-40)32(37-27)21(6)33-31(34(41)42-7)20(5)28(38-33)14-29(22)35-26/h12-14,16,18,23,35,38-39H,8-11,15H2,1-7H3/t18-,23-/m0/s1. The van der Waals surface area contributed by atoms with Gasteiger partial charge in [0.05, 0.1) is 42.8 Å². The Morgan fingerprint density at radius 2 is 1.74 bits per heavy atom. The molecule has 0 saturated heterocycles. The lowest BCUT2D eigenvalue weighted by Gasteiger charge is -2.17. The number of allylic oxidation sites excluding steroid dienone is 1. The lowest BCUT2D eigenvalue weighted by Crippen LogP contribution is -2.07. The summed E-state index contributed by atoms with van der Waals surface area (Å²) in [5.74, 6) is -0.342. The first kappa shape index (κ1) is 30.2. The van der Waals surface area contributed by atoms with Crippen molar-refractivity contribution in [3.8, 4) is 0 Å². The van der Waals surface area contributed by atoms with Gasteiger partial charge in [0, 0.05) is 45.3 Å². The summed E-state index contributed by atoms with van der Waals surface area (Å²) in [6, 6.07) is 6.07. The van der Waals surface area contributed by atoms with Crippen LogP contribution < -0.4 is 0 Å². The van der Waals surface area contributed by atoms with E-state index in [-0.39, 0.29) is 18.4 Å². The van der Waals surface area contributed by atoms with Gasteiger partial charge < -0.3 is 24.5 Å². The van der Waals surface area contributed by atoms with Gasteiger partial charge in [-0.05, 0) is 93.0 Å². The van der Waals surface area contributed by atoms with Crippen LogP contribution in [-0.4, -0.2) is 57.8 Å². The smallest absolute Gasteiger partial charge is 0.340 e. The predicted molar refractivity (Wildman–Crippen MR) is 168 cm³/mol. The van der Waals surface area contributed by atoms with Crippen LogP contribution in [-0.2, 0) is 20.7 Å². The summed E-state index contributed by atoms with van der Waals surface area (Å²) in [5, 5.41) is 10.3. The number of aromatic amines is 2. The summed E-state index contributed by atoms with van der Waals surface area (Å²) in [4.78, 5) is 41.2. The number of carbonyl (C=O) groups is 2. The van der Waals surface area contributed by atoms with E-state index in [0.717, 1.165) is 85.6 Å². The summed E-state index contributed by atoms with van der Waals surface area (Å²) in [7, 11) is 1.40. The summed E-state index contributed by atoms with van der Waals surface area (Å²) in [6.45, 7) is 12.9. The number of ether oxygens (including phenoxy) is 2. The van der Waals surface area contributed by atoms with Crippen LogP contribution >= 0.6 is 0 Å². The van der Waals surface area contributed by atoms with Crippen molar-refractivity contribution in [2.75, 3.05) is 20.3 Å². The Morgan fingerprint density at radius 1 is 1.00 bits per heavy atom. The third kappa shape index (κ3) is 5.27. The van der Waals surface area contributed by atoms with Gasteiger partial charge in [-0.15, -0.1) is 0 Å². The van der Waals surface area contributed by atoms with Crippen LogP contribution in [0.5, 0.6) is 0 Å². The Kier molecular flexibility index (Phi) is 8.55. The zero-order chi connectivity index (χ0) is 31.0. The highest BCUT2D eigenvalue weighted by Gasteiger charge is 2.32. The maximum absolute atomic E-state index is 13.2. The van der Waals surface area contributed by atoms with E-state index in [1.54, 1.807) is 0 Å². The molecule has 0 spiro atoms. The van der Waals surface area contributed by atoms with Gasteiger partial charge in [-0.25, -0.2) is 9.78 Å². The van der Waals surface area contributed by atoms with Gasteiger partial charge in [-0.1, -0.05) is 13.8 Å². The Labute approximate surface area is 251 Å². The van der Waals surface area contributed by atoms with E-state index in [2.05, 4.69) is 30.7 Å². The van der Waals surface area contributed by atoms with Crippen LogP contribution in [0.1, 0.15) is 101 Å². The van der Waals surface area contributed by atoms with Gasteiger partial charge in [-0.2, -0.15) is 0 Å². The van der Waals surface area contributed by atoms with Crippen LogP contribution in [0.2, 0.25) is 0 Å². The Hall–Kier alpha value is -4.24. The highest BCUT2D eigenvalue weighted by Crippen LogP contribution is 2.42. The van der Waals surface area contributed by atoms with Gasteiger partial charge in [0.2, 0.25) is 0 Å². The highest BCUT2D eigenvalue weighted by molar-refractivity contribution is 6.03. The lowest BCUT2D eigenvalue weighted by atomic mass is 9.86. The minimum Gasteiger partial charge on any atom is -0.468 e. The van der Waals surface area contributed by atoms with Crippen molar-refractivity contribution in [2.45, 2.75) is 72.6 Å². The van der Waals surface area contributed by atoms with E-state index in [4.69, 9.17) is 19.4 Å². The number of hydrogen-bond donors (Lipinski definition) is 3. The van der Waals surface area contributed by atoms with Crippen LogP contribution in [0.3, 0.4) is 0 Å². The van der Waals surface area contributed by atoms with Gasteiger partial charge >= 0.3 is 5.97 Å². The predicted octanol–water partition coefficient (Wildman–Crippen LogP) is 6.35. The summed E-state index contributed by atoms with van der Waals surface area (Å²) in [6.07, 6.45) is 2.23. The first-order valence-corrected chi connectivity index (χ1v) is 14.8. The van der Waals surface area contributed by atoms with E-state index < -0.39 is 5.97 Å². The Balaban J connectivity index is 1.93. The van der Waals surface area contributed by atoms with Gasteiger partial charge in [0.25, 0.3) is 6.47 Å². The fraction of sp³-hybridized carbons (Fsp3) is 0.412. The van der Waals surface area contributed by atoms with Crippen LogP contribution in [0.4, 0.5) is 0 Å². The molecule has 0 aromatic carbocycles. The molecular weight excluding hydrogens is 544 g/mol. The number of rotatable bonds is 8. The number of fused-ring (bicyclic) bond motifs is 8. The first-order chi connectivity index (χ1) is 20.6. The fourth-order valence-electron chi connectivity index (χ4n) is 6.55. The molecule has 2 aliphatic rings. The normalized spacial score (nSPS) is 16.5. The van der Waals surface area contributed by atoms with Crippen molar-refractivity contribution >= 4 is 45.7 Å². The molecular formula is C34H40N4O5. The lowest BCUT2D eigenvalue weighted by molar-refractivity contribution is -0.128. The number of aliphatic hydroxyl groups is 1. The SMILES string of the molecule is CCc1c(C)c2cc3nc(cc4nc(c(C)c5[nH]c(cc1[nH]2)c(C)c5C(=O)OC)[C@@H](CCCOC=O)[C@@H]4C)C(C)=C3CO. The number of aliphatic hydroxyl groups excluding tert-OH is 1. The van der Waals surface area contributed by atoms with Crippen molar-refractivity contribution < 1.29 is 24.2 Å². The monoisotopic (exact) mass is 584 g/mol. The van der Waals surface area contributed by atoms with Crippen molar-refractivity contribution in [2.24, 2.45) is 0 Å². The molecule has 5 heterocycles. The van der Waals surface area contributed by atoms with E-state index in [1.807, 2.05) is 39.0 Å². The van der Waals surface area contributed by atoms with Gasteiger partial charge in [0.1, 0.15) is 0 Å². The molecule has 2 atom stereocenters.